The van der Waals surface area contributed by atoms with Gasteiger partial charge in [-0.2, -0.15) is 0 Å². The van der Waals surface area contributed by atoms with E-state index in [-0.39, 0.29) is 11.3 Å². The second-order valence-electron chi connectivity index (χ2n) is 5.15. The molecule has 1 aromatic carbocycles. The number of rotatable bonds is 4. The predicted molar refractivity (Wildman–Crippen MR) is 70.8 cm³/mol. The summed E-state index contributed by atoms with van der Waals surface area (Å²) in [4.78, 5) is 11.8. The molecule has 0 aromatic heterocycles. The Morgan fingerprint density at radius 1 is 1.11 bits per heavy atom. The maximum absolute atomic E-state index is 11.8. The van der Waals surface area contributed by atoms with Gasteiger partial charge >= 0.3 is 0 Å². The predicted octanol–water partition coefficient (Wildman–Crippen LogP) is 2.37. The van der Waals surface area contributed by atoms with Gasteiger partial charge in [-0.1, -0.05) is 20.8 Å². The van der Waals surface area contributed by atoms with E-state index in [9.17, 15) is 4.79 Å². The van der Waals surface area contributed by atoms with E-state index in [2.05, 4.69) is 5.32 Å². The second-order valence-corrected chi connectivity index (χ2v) is 5.15. The number of ether oxygens (including phenoxy) is 2. The Hall–Kier alpha value is -1.71. The number of carbonyl (C=O) groups is 1. The molecule has 1 aromatic rings. The maximum Gasteiger partial charge on any atom is 0.225 e. The molecule has 0 heterocycles. The molecule has 0 aliphatic rings. The smallest absolute Gasteiger partial charge is 0.225 e. The Kier molecular flexibility index (Phi) is 4.59. The van der Waals surface area contributed by atoms with E-state index < -0.39 is 0 Å². The van der Waals surface area contributed by atoms with Gasteiger partial charge in [0.05, 0.1) is 14.2 Å². The average molecular weight is 251 g/mol. The van der Waals surface area contributed by atoms with Crippen LogP contribution < -0.4 is 14.8 Å². The Bertz CT molecular complexity index is 399. The van der Waals surface area contributed by atoms with Crippen molar-refractivity contribution < 1.29 is 14.3 Å². The molecule has 4 nitrogen and oxygen atoms in total. The fraction of sp³-hybridized carbons (Fsp3) is 0.500. The molecule has 4 heteroatoms. The Balaban J connectivity index is 2.76. The van der Waals surface area contributed by atoms with Gasteiger partial charge in [-0.05, 0) is 17.7 Å². The zero-order chi connectivity index (χ0) is 13.8. The van der Waals surface area contributed by atoms with Crippen LogP contribution in [-0.2, 0) is 11.3 Å². The Morgan fingerprint density at radius 2 is 1.61 bits per heavy atom. The minimum absolute atomic E-state index is 0.0179. The molecular weight excluding hydrogens is 230 g/mol. The van der Waals surface area contributed by atoms with Crippen molar-refractivity contribution in [2.24, 2.45) is 5.41 Å². The minimum atomic E-state index is -0.386. The van der Waals surface area contributed by atoms with Crippen LogP contribution in [0.15, 0.2) is 18.2 Å². The fourth-order valence-corrected chi connectivity index (χ4v) is 1.42. The van der Waals surface area contributed by atoms with Crippen molar-refractivity contribution in [2.75, 3.05) is 14.2 Å². The van der Waals surface area contributed by atoms with Crippen molar-refractivity contribution in [3.8, 4) is 11.5 Å². The fourth-order valence-electron chi connectivity index (χ4n) is 1.42. The van der Waals surface area contributed by atoms with Crippen molar-refractivity contribution in [3.05, 3.63) is 23.8 Å². The highest BCUT2D eigenvalue weighted by Crippen LogP contribution is 2.22. The van der Waals surface area contributed by atoms with Crippen LogP contribution in [-0.4, -0.2) is 20.1 Å². The topological polar surface area (TPSA) is 47.6 Å². The van der Waals surface area contributed by atoms with E-state index in [1.807, 2.05) is 32.9 Å². The van der Waals surface area contributed by atoms with Gasteiger partial charge in [0.2, 0.25) is 5.91 Å². The number of hydrogen-bond acceptors (Lipinski definition) is 3. The van der Waals surface area contributed by atoms with Crippen LogP contribution in [0.5, 0.6) is 11.5 Å². The monoisotopic (exact) mass is 251 g/mol. The molecule has 0 spiro atoms. The molecule has 0 radical (unpaired) electrons. The van der Waals surface area contributed by atoms with Crippen molar-refractivity contribution in [2.45, 2.75) is 27.3 Å². The van der Waals surface area contributed by atoms with Crippen LogP contribution >= 0.6 is 0 Å². The van der Waals surface area contributed by atoms with Gasteiger partial charge in [-0.3, -0.25) is 4.79 Å². The standard InChI is InChI=1S/C14H21NO3/c1-14(2,3)13(16)15-9-10-6-11(17-4)8-12(7-10)18-5/h6-8H,9H2,1-5H3,(H,15,16). The van der Waals surface area contributed by atoms with Crippen molar-refractivity contribution in [3.63, 3.8) is 0 Å². The van der Waals surface area contributed by atoms with Gasteiger partial charge in [0.15, 0.2) is 0 Å². The minimum Gasteiger partial charge on any atom is -0.497 e. The highest BCUT2D eigenvalue weighted by Gasteiger charge is 2.20. The molecule has 0 saturated carbocycles. The van der Waals surface area contributed by atoms with Crippen LogP contribution in [0.3, 0.4) is 0 Å². The number of methoxy groups -OCH3 is 2. The summed E-state index contributed by atoms with van der Waals surface area (Å²) in [7, 11) is 3.21. The van der Waals surface area contributed by atoms with Gasteiger partial charge in [-0.15, -0.1) is 0 Å². The maximum atomic E-state index is 11.8. The van der Waals surface area contributed by atoms with Crippen LogP contribution in [0, 0.1) is 5.41 Å². The van der Waals surface area contributed by atoms with E-state index in [0.717, 1.165) is 5.56 Å². The van der Waals surface area contributed by atoms with Gasteiger partial charge in [0.1, 0.15) is 11.5 Å². The van der Waals surface area contributed by atoms with Crippen molar-refractivity contribution in [1.82, 2.24) is 5.32 Å². The molecule has 100 valence electrons. The van der Waals surface area contributed by atoms with Gasteiger partial charge in [-0.25, -0.2) is 0 Å². The average Bonchev–Trinajstić information content (AvgIpc) is 2.34. The van der Waals surface area contributed by atoms with Crippen LogP contribution in [0.1, 0.15) is 26.3 Å². The molecule has 1 amide bonds. The van der Waals surface area contributed by atoms with Gasteiger partial charge in [0, 0.05) is 18.0 Å². The van der Waals surface area contributed by atoms with Crippen molar-refractivity contribution in [1.29, 1.82) is 0 Å². The molecule has 18 heavy (non-hydrogen) atoms. The van der Waals surface area contributed by atoms with E-state index in [1.165, 1.54) is 0 Å². The third kappa shape index (κ3) is 3.95. The third-order valence-corrected chi connectivity index (χ3v) is 2.55. The first-order valence-corrected chi connectivity index (χ1v) is 5.87. The molecule has 0 aliphatic heterocycles. The number of nitrogens with one attached hydrogen (secondary N) is 1. The third-order valence-electron chi connectivity index (χ3n) is 2.55. The summed E-state index contributed by atoms with van der Waals surface area (Å²) >= 11 is 0. The summed E-state index contributed by atoms with van der Waals surface area (Å²) in [5.74, 6) is 1.45. The molecule has 0 saturated heterocycles. The quantitative estimate of drug-likeness (QED) is 0.893. The molecule has 0 unspecified atom stereocenters. The number of benzene rings is 1. The normalized spacial score (nSPS) is 10.9. The van der Waals surface area contributed by atoms with Crippen molar-refractivity contribution >= 4 is 5.91 Å². The molecule has 0 aliphatic carbocycles. The van der Waals surface area contributed by atoms with E-state index in [1.54, 1.807) is 20.3 Å². The molecule has 0 fully saturated rings. The Morgan fingerprint density at radius 3 is 2.00 bits per heavy atom. The first kappa shape index (κ1) is 14.4. The summed E-state index contributed by atoms with van der Waals surface area (Å²) in [6.07, 6.45) is 0. The molecule has 0 bridgehead atoms. The first-order chi connectivity index (χ1) is 8.36. The number of amides is 1. The zero-order valence-corrected chi connectivity index (χ0v) is 11.7. The van der Waals surface area contributed by atoms with Gasteiger partial charge < -0.3 is 14.8 Å². The lowest BCUT2D eigenvalue weighted by atomic mass is 9.95. The van der Waals surface area contributed by atoms with Crippen LogP contribution in [0.4, 0.5) is 0 Å². The lowest BCUT2D eigenvalue weighted by Crippen LogP contribution is -2.34. The highest BCUT2D eigenvalue weighted by atomic mass is 16.5. The Labute approximate surface area is 108 Å². The van der Waals surface area contributed by atoms with E-state index in [4.69, 9.17) is 9.47 Å². The highest BCUT2D eigenvalue weighted by molar-refractivity contribution is 5.81. The number of hydrogen-bond donors (Lipinski definition) is 1. The number of carbonyl (C=O) groups excluding carboxylic acids is 1. The summed E-state index contributed by atoms with van der Waals surface area (Å²) in [6.45, 7) is 6.11. The van der Waals surface area contributed by atoms with Crippen LogP contribution in [0.25, 0.3) is 0 Å². The molecule has 1 N–H and O–H groups in total. The molecule has 1 rings (SSSR count). The van der Waals surface area contributed by atoms with E-state index >= 15 is 0 Å². The lowest BCUT2D eigenvalue weighted by Gasteiger charge is -2.18. The summed E-state index contributed by atoms with van der Waals surface area (Å²) in [5, 5.41) is 2.89. The second kappa shape index (κ2) is 5.76. The zero-order valence-electron chi connectivity index (χ0n) is 11.7. The lowest BCUT2D eigenvalue weighted by molar-refractivity contribution is -0.128. The summed E-state index contributed by atoms with van der Waals surface area (Å²) < 4.78 is 10.4. The SMILES string of the molecule is COc1cc(CNC(=O)C(C)(C)C)cc(OC)c1. The summed E-state index contributed by atoms with van der Waals surface area (Å²) in [6, 6.07) is 5.56. The first-order valence-electron chi connectivity index (χ1n) is 5.87. The largest absolute Gasteiger partial charge is 0.497 e. The molecular formula is C14H21NO3. The van der Waals surface area contributed by atoms with E-state index in [0.29, 0.717) is 18.0 Å². The van der Waals surface area contributed by atoms with Crippen LogP contribution in [0.2, 0.25) is 0 Å². The van der Waals surface area contributed by atoms with Gasteiger partial charge in [0.25, 0.3) is 0 Å². The summed E-state index contributed by atoms with van der Waals surface area (Å²) in [5.41, 5.74) is 0.562. The molecule has 0 atom stereocenters.